The van der Waals surface area contributed by atoms with Crippen LogP contribution in [-0.2, 0) is 9.53 Å². The maximum atomic E-state index is 11.8. The highest BCUT2D eigenvalue weighted by Gasteiger charge is 2.29. The summed E-state index contributed by atoms with van der Waals surface area (Å²) in [5.41, 5.74) is 5.82. The summed E-state index contributed by atoms with van der Waals surface area (Å²) in [6.07, 6.45) is 1.53. The van der Waals surface area contributed by atoms with Gasteiger partial charge >= 0.3 is 0 Å². The first-order valence-electron chi connectivity index (χ1n) is 6.33. The molecule has 1 heterocycles. The molecule has 0 aromatic rings. The van der Waals surface area contributed by atoms with E-state index in [1.54, 1.807) is 19.0 Å². The topological polar surface area (TPSA) is 58.8 Å². The number of nitrogens with zero attached hydrogens (tertiary/aromatic N) is 2. The van der Waals surface area contributed by atoms with Gasteiger partial charge in [-0.1, -0.05) is 6.92 Å². The lowest BCUT2D eigenvalue weighted by atomic mass is 10.1. The van der Waals surface area contributed by atoms with Gasteiger partial charge in [0.15, 0.2) is 0 Å². The molecule has 0 saturated carbocycles. The first-order chi connectivity index (χ1) is 8.10. The molecule has 2 unspecified atom stereocenters. The number of morpholine rings is 1. The second-order valence-corrected chi connectivity index (χ2v) is 4.76. The molecule has 0 aromatic carbocycles. The number of carbonyl (C=O) groups excluding carboxylic acids is 1. The smallest absolute Gasteiger partial charge is 0.223 e. The van der Waals surface area contributed by atoms with Crippen LogP contribution in [0.5, 0.6) is 0 Å². The van der Waals surface area contributed by atoms with Crippen LogP contribution in [0.15, 0.2) is 0 Å². The number of rotatable bonds is 5. The van der Waals surface area contributed by atoms with Crippen molar-refractivity contribution in [1.29, 1.82) is 0 Å². The molecule has 2 atom stereocenters. The summed E-state index contributed by atoms with van der Waals surface area (Å²) < 4.78 is 5.47. The summed E-state index contributed by atoms with van der Waals surface area (Å²) in [7, 11) is 3.57. The highest BCUT2D eigenvalue weighted by molar-refractivity contribution is 5.76. The summed E-state index contributed by atoms with van der Waals surface area (Å²) in [6.45, 7) is 5.04. The standard InChI is InChI=1S/C12H25N3O2/c1-4-10-9-17-6-5-15(10)11(8-13)7-12(16)14(2)3/h10-11H,4-9,13H2,1-3H3. The Bertz CT molecular complexity index is 246. The molecule has 1 rings (SSSR count). The van der Waals surface area contributed by atoms with Crippen LogP contribution in [0.4, 0.5) is 0 Å². The van der Waals surface area contributed by atoms with Gasteiger partial charge in [0.1, 0.15) is 0 Å². The molecule has 1 amide bonds. The van der Waals surface area contributed by atoms with Gasteiger partial charge in [-0.05, 0) is 6.42 Å². The monoisotopic (exact) mass is 243 g/mol. The van der Waals surface area contributed by atoms with Gasteiger partial charge < -0.3 is 15.4 Å². The summed E-state index contributed by atoms with van der Waals surface area (Å²) in [4.78, 5) is 15.7. The minimum absolute atomic E-state index is 0.138. The second kappa shape index (κ2) is 6.93. The van der Waals surface area contributed by atoms with Crippen LogP contribution in [-0.4, -0.2) is 68.2 Å². The zero-order valence-electron chi connectivity index (χ0n) is 11.2. The van der Waals surface area contributed by atoms with E-state index >= 15 is 0 Å². The van der Waals surface area contributed by atoms with Crippen LogP contribution in [0, 0.1) is 0 Å². The molecule has 5 heteroatoms. The number of carbonyl (C=O) groups is 1. The van der Waals surface area contributed by atoms with Crippen LogP contribution >= 0.6 is 0 Å². The zero-order valence-corrected chi connectivity index (χ0v) is 11.2. The normalized spacial score (nSPS) is 23.4. The first-order valence-corrected chi connectivity index (χ1v) is 6.33. The summed E-state index contributed by atoms with van der Waals surface area (Å²) in [6, 6.07) is 0.533. The Hall–Kier alpha value is -0.650. The first kappa shape index (κ1) is 14.4. The third-order valence-corrected chi connectivity index (χ3v) is 3.39. The van der Waals surface area contributed by atoms with Crippen molar-refractivity contribution in [2.24, 2.45) is 5.73 Å². The van der Waals surface area contributed by atoms with Gasteiger partial charge in [0.05, 0.1) is 13.2 Å². The van der Waals surface area contributed by atoms with E-state index in [9.17, 15) is 4.79 Å². The molecule has 1 aliphatic rings. The van der Waals surface area contributed by atoms with Gasteiger partial charge in [0.25, 0.3) is 0 Å². The van der Waals surface area contributed by atoms with E-state index < -0.39 is 0 Å². The lowest BCUT2D eigenvalue weighted by Crippen LogP contribution is -2.54. The molecule has 5 nitrogen and oxygen atoms in total. The van der Waals surface area contributed by atoms with Crippen molar-refractivity contribution in [2.45, 2.75) is 31.8 Å². The molecule has 100 valence electrons. The molecule has 0 aliphatic carbocycles. The van der Waals surface area contributed by atoms with Crippen molar-refractivity contribution in [3.63, 3.8) is 0 Å². The van der Waals surface area contributed by atoms with Gasteiger partial charge in [-0.15, -0.1) is 0 Å². The Balaban J connectivity index is 2.61. The molecule has 17 heavy (non-hydrogen) atoms. The van der Waals surface area contributed by atoms with Gasteiger partial charge in [0, 0.05) is 45.7 Å². The fourth-order valence-electron chi connectivity index (χ4n) is 2.22. The SMILES string of the molecule is CCC1COCCN1C(CN)CC(=O)N(C)C. The highest BCUT2D eigenvalue weighted by atomic mass is 16.5. The highest BCUT2D eigenvalue weighted by Crippen LogP contribution is 2.16. The summed E-state index contributed by atoms with van der Waals surface area (Å²) in [5.74, 6) is 0.141. The minimum atomic E-state index is 0.138. The maximum Gasteiger partial charge on any atom is 0.223 e. The van der Waals surface area contributed by atoms with Crippen LogP contribution in [0.25, 0.3) is 0 Å². The lowest BCUT2D eigenvalue weighted by molar-refractivity contribution is -0.131. The van der Waals surface area contributed by atoms with Gasteiger partial charge in [-0.3, -0.25) is 9.69 Å². The predicted octanol–water partition coefficient (Wildman–Crippen LogP) is -0.0972. The van der Waals surface area contributed by atoms with Crippen molar-refractivity contribution in [1.82, 2.24) is 9.80 Å². The minimum Gasteiger partial charge on any atom is -0.378 e. The van der Waals surface area contributed by atoms with Crippen molar-refractivity contribution >= 4 is 5.91 Å². The molecule has 0 spiro atoms. The Morgan fingerprint density at radius 2 is 2.29 bits per heavy atom. The number of ether oxygens (including phenoxy) is 1. The van der Waals surface area contributed by atoms with E-state index in [-0.39, 0.29) is 11.9 Å². The molecule has 0 aromatic heterocycles. The summed E-state index contributed by atoms with van der Waals surface area (Å²) >= 11 is 0. The van der Waals surface area contributed by atoms with Crippen LogP contribution < -0.4 is 5.73 Å². The van der Waals surface area contributed by atoms with Gasteiger partial charge in [0.2, 0.25) is 5.91 Å². The molecule has 0 radical (unpaired) electrons. The van der Waals surface area contributed by atoms with Gasteiger partial charge in [-0.2, -0.15) is 0 Å². The zero-order chi connectivity index (χ0) is 12.8. The number of hydrogen-bond donors (Lipinski definition) is 1. The van der Waals surface area contributed by atoms with Crippen LogP contribution in [0.3, 0.4) is 0 Å². The Morgan fingerprint density at radius 1 is 1.59 bits per heavy atom. The van der Waals surface area contributed by atoms with Crippen LogP contribution in [0.1, 0.15) is 19.8 Å². The fraction of sp³-hybridized carbons (Fsp3) is 0.917. The quantitative estimate of drug-likeness (QED) is 0.733. The Kier molecular flexibility index (Phi) is 5.88. The van der Waals surface area contributed by atoms with E-state index in [1.807, 2.05) is 0 Å². The van der Waals surface area contributed by atoms with E-state index in [4.69, 9.17) is 10.5 Å². The number of nitrogens with two attached hydrogens (primary N) is 1. The third-order valence-electron chi connectivity index (χ3n) is 3.39. The van der Waals surface area contributed by atoms with E-state index in [1.165, 1.54) is 0 Å². The van der Waals surface area contributed by atoms with E-state index in [0.717, 1.165) is 26.2 Å². The molecule has 1 fully saturated rings. The molecule has 1 aliphatic heterocycles. The Labute approximate surface area is 104 Å². The predicted molar refractivity (Wildman–Crippen MR) is 67.8 cm³/mol. The fourth-order valence-corrected chi connectivity index (χ4v) is 2.22. The molecular formula is C12H25N3O2. The summed E-state index contributed by atoms with van der Waals surface area (Å²) in [5, 5.41) is 0. The number of amides is 1. The van der Waals surface area contributed by atoms with Crippen LogP contribution in [0.2, 0.25) is 0 Å². The van der Waals surface area contributed by atoms with Gasteiger partial charge in [-0.25, -0.2) is 0 Å². The van der Waals surface area contributed by atoms with E-state index in [2.05, 4.69) is 11.8 Å². The maximum absolute atomic E-state index is 11.8. The Morgan fingerprint density at radius 3 is 2.82 bits per heavy atom. The van der Waals surface area contributed by atoms with Crippen molar-refractivity contribution < 1.29 is 9.53 Å². The third kappa shape index (κ3) is 3.94. The second-order valence-electron chi connectivity index (χ2n) is 4.76. The average Bonchev–Trinajstić information content (AvgIpc) is 2.35. The lowest BCUT2D eigenvalue weighted by Gasteiger charge is -2.40. The molecule has 0 bridgehead atoms. The molecule has 1 saturated heterocycles. The molecule has 2 N–H and O–H groups in total. The van der Waals surface area contributed by atoms with Crippen molar-refractivity contribution in [2.75, 3.05) is 40.4 Å². The number of hydrogen-bond acceptors (Lipinski definition) is 4. The van der Waals surface area contributed by atoms with E-state index in [0.29, 0.717) is 19.0 Å². The van der Waals surface area contributed by atoms with Crippen molar-refractivity contribution in [3.8, 4) is 0 Å². The molecular weight excluding hydrogens is 218 g/mol. The average molecular weight is 243 g/mol. The largest absolute Gasteiger partial charge is 0.378 e. The van der Waals surface area contributed by atoms with Crippen molar-refractivity contribution in [3.05, 3.63) is 0 Å².